The minimum atomic E-state index is -0.276. The minimum Gasteiger partial charge on any atom is -0.354 e. The van der Waals surface area contributed by atoms with E-state index in [0.717, 1.165) is 47.5 Å². The lowest BCUT2D eigenvalue weighted by atomic mass is 9.97. The van der Waals surface area contributed by atoms with Gasteiger partial charge >= 0.3 is 0 Å². The number of anilines is 1. The lowest BCUT2D eigenvalue weighted by Gasteiger charge is -2.33. The molecule has 5 rings (SSSR count). The highest BCUT2D eigenvalue weighted by atomic mass is 19.1. The fourth-order valence-corrected chi connectivity index (χ4v) is 4.13. The van der Waals surface area contributed by atoms with E-state index in [9.17, 15) is 9.18 Å². The van der Waals surface area contributed by atoms with Crippen molar-refractivity contribution in [1.29, 1.82) is 0 Å². The molecule has 1 amide bonds. The first-order valence-electron chi connectivity index (χ1n) is 10.7. The molecule has 1 saturated heterocycles. The van der Waals surface area contributed by atoms with Crippen LogP contribution in [-0.4, -0.2) is 38.6 Å². The molecule has 1 fully saturated rings. The Balaban J connectivity index is 1.34. The third kappa shape index (κ3) is 4.16. The number of nitrogens with zero attached hydrogens (tertiary/aromatic N) is 5. The molecule has 0 radical (unpaired) electrons. The molecule has 7 nitrogen and oxygen atoms in total. The van der Waals surface area contributed by atoms with Gasteiger partial charge in [-0.25, -0.2) is 13.9 Å². The fraction of sp³-hybridized carbons (Fsp3) is 0.250. The number of hydrogen-bond donors (Lipinski definition) is 1. The van der Waals surface area contributed by atoms with Crippen LogP contribution in [0.2, 0.25) is 0 Å². The van der Waals surface area contributed by atoms with Crippen molar-refractivity contribution in [3.63, 3.8) is 0 Å². The molecule has 1 atom stereocenters. The topological polar surface area (TPSA) is 75.4 Å². The second kappa shape index (κ2) is 8.74. The average molecular weight is 430 g/mol. The number of piperidine rings is 1. The Kier molecular flexibility index (Phi) is 5.49. The van der Waals surface area contributed by atoms with Crippen LogP contribution in [0.4, 0.5) is 10.2 Å². The van der Waals surface area contributed by atoms with Crippen molar-refractivity contribution < 1.29 is 9.18 Å². The van der Waals surface area contributed by atoms with Gasteiger partial charge in [-0.05, 0) is 60.9 Å². The highest BCUT2D eigenvalue weighted by molar-refractivity contribution is 5.80. The predicted octanol–water partition coefficient (Wildman–Crippen LogP) is 3.46. The molecular formula is C24H23FN6O. The summed E-state index contributed by atoms with van der Waals surface area (Å²) in [5, 5.41) is 7.67. The summed E-state index contributed by atoms with van der Waals surface area (Å²) < 4.78 is 15.1. The van der Waals surface area contributed by atoms with Gasteiger partial charge in [-0.3, -0.25) is 9.78 Å². The lowest BCUT2D eigenvalue weighted by molar-refractivity contribution is -0.125. The van der Waals surface area contributed by atoms with E-state index in [4.69, 9.17) is 0 Å². The van der Waals surface area contributed by atoms with Gasteiger partial charge in [0, 0.05) is 50.0 Å². The van der Waals surface area contributed by atoms with Gasteiger partial charge in [0.1, 0.15) is 11.3 Å². The zero-order valence-electron chi connectivity index (χ0n) is 17.5. The number of nitrogens with one attached hydrogen (secondary N) is 1. The number of amides is 1. The summed E-state index contributed by atoms with van der Waals surface area (Å²) in [6.07, 6.45) is 8.73. The first-order valence-corrected chi connectivity index (χ1v) is 10.7. The summed E-state index contributed by atoms with van der Waals surface area (Å²) in [5.74, 6) is 0.479. The third-order valence-corrected chi connectivity index (χ3v) is 5.82. The Morgan fingerprint density at radius 2 is 1.94 bits per heavy atom. The predicted molar refractivity (Wildman–Crippen MR) is 119 cm³/mol. The molecule has 32 heavy (non-hydrogen) atoms. The summed E-state index contributed by atoms with van der Waals surface area (Å²) in [4.78, 5) is 23.6. The molecule has 8 heteroatoms. The van der Waals surface area contributed by atoms with Crippen LogP contribution in [0.3, 0.4) is 0 Å². The quantitative estimate of drug-likeness (QED) is 0.525. The van der Waals surface area contributed by atoms with Crippen molar-refractivity contribution >= 4 is 17.2 Å². The molecule has 0 aliphatic carbocycles. The molecular weight excluding hydrogens is 407 g/mol. The highest BCUT2D eigenvalue weighted by Gasteiger charge is 2.27. The van der Waals surface area contributed by atoms with Crippen molar-refractivity contribution in [2.24, 2.45) is 5.92 Å². The zero-order valence-corrected chi connectivity index (χ0v) is 17.5. The maximum absolute atomic E-state index is 13.3. The first-order chi connectivity index (χ1) is 15.7. The second-order valence-electron chi connectivity index (χ2n) is 7.98. The maximum atomic E-state index is 13.3. The monoisotopic (exact) mass is 430 g/mol. The standard InChI is InChI=1S/C24H23FN6O/c25-20-5-3-18(4-6-20)21-14-22-23(27-11-13-31(22)29-21)30-12-1-2-19(16-30)24(32)28-15-17-7-9-26-10-8-17/h3-11,13-14,19H,1-2,12,15-16H2,(H,28,32)/t19-/m1/s1. The number of carbonyl (C=O) groups is 1. The Morgan fingerprint density at radius 1 is 1.12 bits per heavy atom. The summed E-state index contributed by atoms with van der Waals surface area (Å²) in [6.45, 7) is 1.93. The van der Waals surface area contributed by atoms with Crippen LogP contribution < -0.4 is 10.2 Å². The number of hydrogen-bond acceptors (Lipinski definition) is 5. The summed E-state index contributed by atoms with van der Waals surface area (Å²) in [7, 11) is 0. The third-order valence-electron chi connectivity index (χ3n) is 5.82. The maximum Gasteiger partial charge on any atom is 0.225 e. The number of benzene rings is 1. The first kappa shape index (κ1) is 20.1. The molecule has 0 bridgehead atoms. The van der Waals surface area contributed by atoms with Gasteiger partial charge in [-0.15, -0.1) is 0 Å². The van der Waals surface area contributed by atoms with Crippen molar-refractivity contribution in [3.8, 4) is 11.3 Å². The summed E-state index contributed by atoms with van der Waals surface area (Å²) in [6, 6.07) is 12.1. The van der Waals surface area contributed by atoms with E-state index in [1.54, 1.807) is 41.4 Å². The molecule has 4 heterocycles. The van der Waals surface area contributed by atoms with Crippen molar-refractivity contribution in [2.75, 3.05) is 18.0 Å². The van der Waals surface area contributed by atoms with E-state index in [2.05, 4.69) is 25.3 Å². The molecule has 1 aromatic carbocycles. The number of rotatable bonds is 5. The fourth-order valence-electron chi connectivity index (χ4n) is 4.13. The van der Waals surface area contributed by atoms with Gasteiger partial charge in [0.2, 0.25) is 5.91 Å². The average Bonchev–Trinajstić information content (AvgIpc) is 3.28. The Labute approximate surface area is 184 Å². The van der Waals surface area contributed by atoms with E-state index < -0.39 is 0 Å². The molecule has 162 valence electrons. The minimum absolute atomic E-state index is 0.0546. The van der Waals surface area contributed by atoms with Crippen LogP contribution in [0.25, 0.3) is 16.8 Å². The molecule has 0 spiro atoms. The highest BCUT2D eigenvalue weighted by Crippen LogP contribution is 2.28. The van der Waals surface area contributed by atoms with Gasteiger partial charge in [-0.2, -0.15) is 5.10 Å². The molecule has 0 unspecified atom stereocenters. The Hall–Kier alpha value is -3.81. The second-order valence-corrected chi connectivity index (χ2v) is 7.98. The number of aromatic nitrogens is 4. The van der Waals surface area contributed by atoms with Gasteiger partial charge in [0.05, 0.1) is 11.6 Å². The van der Waals surface area contributed by atoms with Crippen molar-refractivity contribution in [1.82, 2.24) is 24.9 Å². The molecule has 1 N–H and O–H groups in total. The molecule has 4 aromatic rings. The van der Waals surface area contributed by atoms with Gasteiger partial charge in [0.25, 0.3) is 0 Å². The van der Waals surface area contributed by atoms with Crippen LogP contribution in [0.5, 0.6) is 0 Å². The molecule has 3 aromatic heterocycles. The smallest absolute Gasteiger partial charge is 0.225 e. The number of fused-ring (bicyclic) bond motifs is 1. The van der Waals surface area contributed by atoms with Crippen LogP contribution in [0, 0.1) is 11.7 Å². The number of halogens is 1. The SMILES string of the molecule is O=C(NCc1ccncc1)[C@@H]1CCCN(c2nccn3nc(-c4ccc(F)cc4)cc23)C1. The normalized spacial score (nSPS) is 16.3. The van der Waals surface area contributed by atoms with Crippen LogP contribution >= 0.6 is 0 Å². The van der Waals surface area contributed by atoms with E-state index in [0.29, 0.717) is 13.1 Å². The summed E-state index contributed by atoms with van der Waals surface area (Å²) >= 11 is 0. The van der Waals surface area contributed by atoms with E-state index in [1.165, 1.54) is 12.1 Å². The van der Waals surface area contributed by atoms with Crippen LogP contribution in [0.1, 0.15) is 18.4 Å². The van der Waals surface area contributed by atoms with Crippen molar-refractivity contribution in [2.45, 2.75) is 19.4 Å². The molecule has 0 saturated carbocycles. The largest absolute Gasteiger partial charge is 0.354 e. The zero-order chi connectivity index (χ0) is 21.9. The molecule has 1 aliphatic heterocycles. The number of carbonyl (C=O) groups excluding carboxylic acids is 1. The van der Waals surface area contributed by atoms with Gasteiger partial charge < -0.3 is 10.2 Å². The van der Waals surface area contributed by atoms with Crippen LogP contribution in [-0.2, 0) is 11.3 Å². The van der Waals surface area contributed by atoms with E-state index >= 15 is 0 Å². The van der Waals surface area contributed by atoms with Gasteiger partial charge in [-0.1, -0.05) is 0 Å². The van der Waals surface area contributed by atoms with E-state index in [-0.39, 0.29) is 17.6 Å². The lowest BCUT2D eigenvalue weighted by Crippen LogP contribution is -2.43. The summed E-state index contributed by atoms with van der Waals surface area (Å²) in [5.41, 5.74) is 3.49. The van der Waals surface area contributed by atoms with E-state index in [1.807, 2.05) is 18.2 Å². The number of pyridine rings is 1. The Bertz CT molecular complexity index is 1220. The van der Waals surface area contributed by atoms with Crippen molar-refractivity contribution in [3.05, 3.63) is 78.6 Å². The Morgan fingerprint density at radius 3 is 2.75 bits per heavy atom. The van der Waals surface area contributed by atoms with Gasteiger partial charge in [0.15, 0.2) is 5.82 Å². The van der Waals surface area contributed by atoms with Crippen LogP contribution in [0.15, 0.2) is 67.3 Å². The molecule has 1 aliphatic rings.